The van der Waals surface area contributed by atoms with Crippen molar-refractivity contribution >= 4 is 23.5 Å². The maximum atomic E-state index is 5.49. The Bertz CT molecular complexity index is 294. The van der Waals surface area contributed by atoms with E-state index in [1.807, 2.05) is 23.5 Å². The second-order valence-electron chi connectivity index (χ2n) is 3.71. The molecule has 4 heteroatoms. The Morgan fingerprint density at radius 3 is 2.00 bits per heavy atom. The number of ether oxygens (including phenoxy) is 2. The molecule has 0 aliphatic carbocycles. The van der Waals surface area contributed by atoms with Crippen molar-refractivity contribution in [2.24, 2.45) is 0 Å². The number of hydrogen-bond donors (Lipinski definition) is 0. The van der Waals surface area contributed by atoms with E-state index in [0.29, 0.717) is 4.58 Å². The van der Waals surface area contributed by atoms with Crippen molar-refractivity contribution < 1.29 is 9.47 Å². The Hall–Kier alpha value is -0.160. The molecular formula is C13H18O2S2. The third kappa shape index (κ3) is 4.92. The van der Waals surface area contributed by atoms with Crippen LogP contribution in [0.2, 0.25) is 0 Å². The molecule has 0 saturated carbocycles. The van der Waals surface area contributed by atoms with Crippen LogP contribution in [-0.2, 0) is 9.47 Å². The molecule has 0 spiro atoms. The SMILES string of the molecule is c1ccc(C2SCCOCCOCCS2)cc1. The fourth-order valence-corrected chi connectivity index (χ4v) is 4.12. The summed E-state index contributed by atoms with van der Waals surface area (Å²) in [5.41, 5.74) is 1.39. The minimum atomic E-state index is 0.501. The molecule has 0 amide bonds. The highest BCUT2D eigenvalue weighted by molar-refractivity contribution is 8.16. The van der Waals surface area contributed by atoms with Crippen LogP contribution in [0.5, 0.6) is 0 Å². The number of rotatable bonds is 1. The van der Waals surface area contributed by atoms with Crippen LogP contribution in [0.4, 0.5) is 0 Å². The summed E-state index contributed by atoms with van der Waals surface area (Å²) in [4.78, 5) is 0. The van der Waals surface area contributed by atoms with Gasteiger partial charge >= 0.3 is 0 Å². The molecule has 2 nitrogen and oxygen atoms in total. The predicted molar refractivity (Wildman–Crippen MR) is 75.7 cm³/mol. The maximum Gasteiger partial charge on any atom is 0.0753 e. The van der Waals surface area contributed by atoms with E-state index < -0.39 is 0 Å². The Balaban J connectivity index is 1.93. The molecule has 1 saturated heterocycles. The van der Waals surface area contributed by atoms with Gasteiger partial charge in [0.2, 0.25) is 0 Å². The summed E-state index contributed by atoms with van der Waals surface area (Å²) in [6.45, 7) is 3.08. The molecule has 1 aromatic carbocycles. The summed E-state index contributed by atoms with van der Waals surface area (Å²) >= 11 is 3.93. The third-order valence-electron chi connectivity index (χ3n) is 2.44. The molecule has 94 valence electrons. The highest BCUT2D eigenvalue weighted by Gasteiger charge is 2.12. The zero-order chi connectivity index (χ0) is 11.8. The van der Waals surface area contributed by atoms with Crippen LogP contribution in [0.1, 0.15) is 10.1 Å². The lowest BCUT2D eigenvalue weighted by Crippen LogP contribution is -2.07. The van der Waals surface area contributed by atoms with Crippen LogP contribution in [-0.4, -0.2) is 37.9 Å². The zero-order valence-corrected chi connectivity index (χ0v) is 11.5. The summed E-state index contributed by atoms with van der Waals surface area (Å²) in [5.74, 6) is 2.10. The lowest BCUT2D eigenvalue weighted by atomic mass is 10.2. The van der Waals surface area contributed by atoms with E-state index >= 15 is 0 Å². The Kier molecular flexibility index (Phi) is 6.27. The van der Waals surface area contributed by atoms with Gasteiger partial charge in [-0.05, 0) is 5.56 Å². The second-order valence-corrected chi connectivity index (χ2v) is 6.43. The lowest BCUT2D eigenvalue weighted by molar-refractivity contribution is 0.0606. The highest BCUT2D eigenvalue weighted by Crippen LogP contribution is 2.39. The molecule has 1 aromatic rings. The fourth-order valence-electron chi connectivity index (χ4n) is 1.60. The molecule has 0 N–H and O–H groups in total. The zero-order valence-electron chi connectivity index (χ0n) is 9.84. The van der Waals surface area contributed by atoms with E-state index in [1.165, 1.54) is 5.56 Å². The summed E-state index contributed by atoms with van der Waals surface area (Å²) in [6.07, 6.45) is 0. The molecule has 0 bridgehead atoms. The second kappa shape index (κ2) is 8.03. The van der Waals surface area contributed by atoms with Crippen molar-refractivity contribution in [1.82, 2.24) is 0 Å². The van der Waals surface area contributed by atoms with Crippen molar-refractivity contribution in [2.75, 3.05) is 37.9 Å². The first-order valence-corrected chi connectivity index (χ1v) is 8.00. The van der Waals surface area contributed by atoms with E-state index in [-0.39, 0.29) is 0 Å². The van der Waals surface area contributed by atoms with E-state index in [2.05, 4.69) is 30.3 Å². The molecule has 1 aliphatic rings. The van der Waals surface area contributed by atoms with Gasteiger partial charge in [0, 0.05) is 11.5 Å². The van der Waals surface area contributed by atoms with Crippen LogP contribution in [0.3, 0.4) is 0 Å². The summed E-state index contributed by atoms with van der Waals surface area (Å²) in [6, 6.07) is 10.7. The summed E-state index contributed by atoms with van der Waals surface area (Å²) < 4.78 is 11.5. The van der Waals surface area contributed by atoms with Gasteiger partial charge in [-0.15, -0.1) is 23.5 Å². The predicted octanol–water partition coefficient (Wildman–Crippen LogP) is 3.20. The first-order valence-electron chi connectivity index (χ1n) is 5.90. The van der Waals surface area contributed by atoms with Gasteiger partial charge in [-0.2, -0.15) is 0 Å². The van der Waals surface area contributed by atoms with Gasteiger partial charge < -0.3 is 9.47 Å². The number of benzene rings is 1. The molecule has 0 aromatic heterocycles. The van der Waals surface area contributed by atoms with Crippen LogP contribution in [0.25, 0.3) is 0 Å². The minimum Gasteiger partial charge on any atom is -0.378 e. The van der Waals surface area contributed by atoms with E-state index in [9.17, 15) is 0 Å². The molecule has 1 fully saturated rings. The standard InChI is InChI=1S/C13H18O2S2/c1-2-4-12(5-3-1)13-16-10-8-14-6-7-15-9-11-17-13/h1-5,13H,6-11H2. The smallest absolute Gasteiger partial charge is 0.0753 e. The average molecular weight is 270 g/mol. The minimum absolute atomic E-state index is 0.501. The van der Waals surface area contributed by atoms with Gasteiger partial charge in [0.15, 0.2) is 0 Å². The quantitative estimate of drug-likeness (QED) is 0.780. The molecule has 17 heavy (non-hydrogen) atoms. The Morgan fingerprint density at radius 1 is 0.824 bits per heavy atom. The molecule has 0 atom stereocenters. The van der Waals surface area contributed by atoms with Crippen molar-refractivity contribution in [3.63, 3.8) is 0 Å². The van der Waals surface area contributed by atoms with Crippen molar-refractivity contribution in [3.8, 4) is 0 Å². The van der Waals surface area contributed by atoms with E-state index in [0.717, 1.165) is 37.9 Å². The molecule has 1 aliphatic heterocycles. The van der Waals surface area contributed by atoms with Gasteiger partial charge in [-0.25, -0.2) is 0 Å². The largest absolute Gasteiger partial charge is 0.378 e. The van der Waals surface area contributed by atoms with Gasteiger partial charge in [0.1, 0.15) is 0 Å². The fraction of sp³-hybridized carbons (Fsp3) is 0.538. The Labute approximate surface area is 111 Å². The normalized spacial score (nSPS) is 20.7. The van der Waals surface area contributed by atoms with Crippen molar-refractivity contribution in [1.29, 1.82) is 0 Å². The van der Waals surface area contributed by atoms with Crippen LogP contribution < -0.4 is 0 Å². The summed E-state index contributed by atoms with van der Waals surface area (Å²) in [5, 5.41) is 0. The lowest BCUT2D eigenvalue weighted by Gasteiger charge is -2.15. The van der Waals surface area contributed by atoms with Crippen molar-refractivity contribution in [2.45, 2.75) is 4.58 Å². The van der Waals surface area contributed by atoms with Crippen molar-refractivity contribution in [3.05, 3.63) is 35.9 Å². The summed E-state index contributed by atoms with van der Waals surface area (Å²) in [7, 11) is 0. The molecular weight excluding hydrogens is 252 g/mol. The third-order valence-corrected chi connectivity index (χ3v) is 5.21. The van der Waals surface area contributed by atoms with Crippen LogP contribution in [0.15, 0.2) is 30.3 Å². The number of thioether (sulfide) groups is 2. The molecule has 0 radical (unpaired) electrons. The maximum absolute atomic E-state index is 5.49. The number of hydrogen-bond acceptors (Lipinski definition) is 4. The average Bonchev–Trinajstić information content (AvgIpc) is 2.45. The van der Waals surface area contributed by atoms with E-state index in [1.54, 1.807) is 0 Å². The topological polar surface area (TPSA) is 18.5 Å². The van der Waals surface area contributed by atoms with Gasteiger partial charge in [-0.1, -0.05) is 30.3 Å². The van der Waals surface area contributed by atoms with Gasteiger partial charge in [-0.3, -0.25) is 0 Å². The van der Waals surface area contributed by atoms with Crippen LogP contribution in [0, 0.1) is 0 Å². The van der Waals surface area contributed by atoms with E-state index in [4.69, 9.17) is 9.47 Å². The first-order chi connectivity index (χ1) is 8.47. The monoisotopic (exact) mass is 270 g/mol. The Morgan fingerprint density at radius 2 is 1.41 bits per heavy atom. The molecule has 0 unspecified atom stereocenters. The van der Waals surface area contributed by atoms with Gasteiger partial charge in [0.05, 0.1) is 31.0 Å². The molecule has 2 rings (SSSR count). The first kappa shape index (κ1) is 13.3. The van der Waals surface area contributed by atoms with Gasteiger partial charge in [0.25, 0.3) is 0 Å². The molecule has 1 heterocycles. The van der Waals surface area contributed by atoms with Crippen LogP contribution >= 0.6 is 23.5 Å². The highest BCUT2D eigenvalue weighted by atomic mass is 32.2.